The van der Waals surface area contributed by atoms with Crippen molar-refractivity contribution in [3.05, 3.63) is 44.9 Å². The molecule has 0 radical (unpaired) electrons. The first kappa shape index (κ1) is 22.2. The number of rotatable bonds is 7. The fourth-order valence-corrected chi connectivity index (χ4v) is 4.54. The number of aromatic nitrogens is 1. The van der Waals surface area contributed by atoms with Gasteiger partial charge in [-0.25, -0.2) is 4.98 Å². The van der Waals surface area contributed by atoms with Crippen LogP contribution in [0.4, 0.5) is 5.13 Å². The molecule has 3 rings (SSSR count). The molecule has 1 aromatic carbocycles. The van der Waals surface area contributed by atoms with Crippen molar-refractivity contribution in [1.82, 2.24) is 4.98 Å². The summed E-state index contributed by atoms with van der Waals surface area (Å²) in [4.78, 5) is 17.4. The van der Waals surface area contributed by atoms with Gasteiger partial charge < -0.3 is 10.4 Å². The van der Waals surface area contributed by atoms with Crippen LogP contribution >= 0.6 is 34.5 Å². The van der Waals surface area contributed by atoms with Gasteiger partial charge in [-0.05, 0) is 30.0 Å². The number of carbonyl (C=O) groups is 1. The Hall–Kier alpha value is -1.14. The number of thiazole rings is 1. The zero-order chi connectivity index (χ0) is 18.5. The molecule has 0 bridgehead atoms. The van der Waals surface area contributed by atoms with E-state index in [2.05, 4.69) is 10.3 Å². The Morgan fingerprint density at radius 2 is 2.04 bits per heavy atom. The molecule has 1 heterocycles. The van der Waals surface area contributed by atoms with Gasteiger partial charge in [0.15, 0.2) is 5.13 Å². The topological polar surface area (TPSA) is 62.2 Å². The highest BCUT2D eigenvalue weighted by Gasteiger charge is 2.27. The van der Waals surface area contributed by atoms with Crippen LogP contribution in [0.25, 0.3) is 0 Å². The molecule has 0 spiro atoms. The number of nitrogens with one attached hydrogen (secondary N) is 1. The number of hydrogen-bond donors (Lipinski definition) is 2. The molecule has 2 N–H and O–H groups in total. The Labute approximate surface area is 174 Å². The van der Waals surface area contributed by atoms with Crippen LogP contribution in [0.2, 0.25) is 10.0 Å². The molecule has 1 aromatic heterocycles. The summed E-state index contributed by atoms with van der Waals surface area (Å²) in [7, 11) is 0. The number of amides is 1. The second-order valence-electron chi connectivity index (χ2n) is 6.72. The van der Waals surface area contributed by atoms with E-state index in [1.54, 1.807) is 12.1 Å². The fraction of sp³-hybridized carbons (Fsp3) is 0.500. The highest BCUT2D eigenvalue weighted by Crippen LogP contribution is 2.36. The first-order valence-corrected chi connectivity index (χ1v) is 10.5. The van der Waals surface area contributed by atoms with Crippen molar-refractivity contribution in [2.45, 2.75) is 51.9 Å². The second-order valence-corrected chi connectivity index (χ2v) is 8.39. The van der Waals surface area contributed by atoms with E-state index in [9.17, 15) is 4.79 Å². The first-order valence-electron chi connectivity index (χ1n) is 8.88. The lowest BCUT2D eigenvalue weighted by atomic mass is 9.87. The van der Waals surface area contributed by atoms with E-state index in [0.717, 1.165) is 17.7 Å². The van der Waals surface area contributed by atoms with Gasteiger partial charge in [0.1, 0.15) is 0 Å². The third-order valence-electron chi connectivity index (χ3n) is 4.86. The van der Waals surface area contributed by atoms with Crippen LogP contribution in [0, 0.1) is 5.92 Å². The van der Waals surface area contributed by atoms with Crippen LogP contribution in [0.1, 0.15) is 56.7 Å². The number of halogens is 2. The molecule has 1 aliphatic carbocycles. The van der Waals surface area contributed by atoms with Crippen molar-refractivity contribution in [1.29, 1.82) is 0 Å². The minimum Gasteiger partial charge on any atom is -0.396 e. The summed E-state index contributed by atoms with van der Waals surface area (Å²) in [5.74, 6) is 0.208. The van der Waals surface area contributed by atoms with Gasteiger partial charge in [-0.2, -0.15) is 0 Å². The monoisotopic (exact) mass is 428 g/mol. The summed E-state index contributed by atoms with van der Waals surface area (Å²) in [5.41, 5.74) is 1.67. The van der Waals surface area contributed by atoms with Gasteiger partial charge in [0.2, 0.25) is 5.91 Å². The summed E-state index contributed by atoms with van der Waals surface area (Å²) in [6.45, 7) is 0.0463. The molecule has 7 heteroatoms. The summed E-state index contributed by atoms with van der Waals surface area (Å²) in [5, 5.41) is 15.3. The maximum absolute atomic E-state index is 13.0. The molecule has 0 saturated heterocycles. The third kappa shape index (κ3) is 5.92. The zero-order valence-electron chi connectivity index (χ0n) is 14.4. The van der Waals surface area contributed by atoms with Gasteiger partial charge in [0.25, 0.3) is 0 Å². The molecule has 4 nitrogen and oxygen atoms in total. The van der Waals surface area contributed by atoms with Crippen molar-refractivity contribution < 1.29 is 9.90 Å². The van der Waals surface area contributed by atoms with Gasteiger partial charge >= 0.3 is 0 Å². The second kappa shape index (κ2) is 10.4. The van der Waals surface area contributed by atoms with E-state index >= 15 is 0 Å². The Kier molecular flexibility index (Phi) is 8.55. The molecule has 1 atom stereocenters. The number of aliphatic hydroxyl groups excluding tert-OH is 1. The van der Waals surface area contributed by atoms with Gasteiger partial charge in [-0.3, -0.25) is 4.79 Å². The van der Waals surface area contributed by atoms with Crippen LogP contribution in [0.15, 0.2) is 23.6 Å². The molecule has 1 saturated carbocycles. The minimum atomic E-state index is -0.280. The molecule has 2 aromatic rings. The van der Waals surface area contributed by atoms with Crippen molar-refractivity contribution in [2.24, 2.45) is 5.92 Å². The molecule has 27 heavy (non-hydrogen) atoms. The summed E-state index contributed by atoms with van der Waals surface area (Å²) < 4.78 is 0. The molecular formula is C20H26Cl2N2O2S. The SMILES string of the molecule is C.O=C(Nc1nc(CCO)cs1)C(CC1CCCC1)c1ccc(Cl)c(Cl)c1. The lowest BCUT2D eigenvalue weighted by Crippen LogP contribution is -2.23. The fourth-order valence-electron chi connectivity index (χ4n) is 3.49. The average molecular weight is 429 g/mol. The maximum atomic E-state index is 13.0. The average Bonchev–Trinajstić information content (AvgIpc) is 3.28. The maximum Gasteiger partial charge on any atom is 0.233 e. The van der Waals surface area contributed by atoms with Crippen molar-refractivity contribution in [3.8, 4) is 0 Å². The van der Waals surface area contributed by atoms with E-state index in [-0.39, 0.29) is 25.9 Å². The van der Waals surface area contributed by atoms with Gasteiger partial charge in [0.05, 0.1) is 21.7 Å². The van der Waals surface area contributed by atoms with Gasteiger partial charge in [-0.15, -0.1) is 11.3 Å². The molecular weight excluding hydrogens is 403 g/mol. The van der Waals surface area contributed by atoms with E-state index < -0.39 is 0 Å². The third-order valence-corrected chi connectivity index (χ3v) is 6.40. The highest BCUT2D eigenvalue weighted by molar-refractivity contribution is 7.13. The smallest absolute Gasteiger partial charge is 0.233 e. The molecule has 0 aliphatic heterocycles. The zero-order valence-corrected chi connectivity index (χ0v) is 16.7. The number of hydrogen-bond acceptors (Lipinski definition) is 4. The number of nitrogens with zero attached hydrogens (tertiary/aromatic N) is 1. The highest BCUT2D eigenvalue weighted by atomic mass is 35.5. The number of carbonyl (C=O) groups excluding carboxylic acids is 1. The summed E-state index contributed by atoms with van der Waals surface area (Å²) >= 11 is 13.6. The molecule has 148 valence electrons. The lowest BCUT2D eigenvalue weighted by Gasteiger charge is -2.20. The Balaban J connectivity index is 0.00000261. The van der Waals surface area contributed by atoms with Gasteiger partial charge in [-0.1, -0.05) is 62.4 Å². The Morgan fingerprint density at radius 3 is 2.70 bits per heavy atom. The van der Waals surface area contributed by atoms with Crippen LogP contribution in [0.5, 0.6) is 0 Å². The van der Waals surface area contributed by atoms with E-state index in [1.165, 1.54) is 37.0 Å². The van der Waals surface area contributed by atoms with E-state index in [4.69, 9.17) is 28.3 Å². The number of anilines is 1. The van der Waals surface area contributed by atoms with Gasteiger partial charge in [0, 0.05) is 18.4 Å². The first-order chi connectivity index (χ1) is 12.6. The molecule has 1 fully saturated rings. The van der Waals surface area contributed by atoms with Crippen LogP contribution in [0.3, 0.4) is 0 Å². The van der Waals surface area contributed by atoms with Crippen molar-refractivity contribution in [3.63, 3.8) is 0 Å². The predicted molar refractivity (Wildman–Crippen MR) is 114 cm³/mol. The molecule has 1 unspecified atom stereocenters. The Morgan fingerprint density at radius 1 is 1.30 bits per heavy atom. The van der Waals surface area contributed by atoms with Crippen molar-refractivity contribution >= 4 is 45.6 Å². The largest absolute Gasteiger partial charge is 0.396 e. The Bertz CT molecular complexity index is 760. The van der Waals surface area contributed by atoms with E-state index in [1.807, 2.05) is 11.4 Å². The van der Waals surface area contributed by atoms with E-state index in [0.29, 0.717) is 27.5 Å². The van der Waals surface area contributed by atoms with Crippen molar-refractivity contribution in [2.75, 3.05) is 11.9 Å². The lowest BCUT2D eigenvalue weighted by molar-refractivity contribution is -0.118. The number of benzene rings is 1. The summed E-state index contributed by atoms with van der Waals surface area (Å²) in [6, 6.07) is 5.42. The van der Waals surface area contributed by atoms with Crippen LogP contribution < -0.4 is 5.32 Å². The standard InChI is InChI=1S/C19H22Cl2N2O2S.CH4/c20-16-6-5-13(10-17(16)21)15(9-12-3-1-2-4-12)18(25)23-19-22-14(7-8-24)11-26-19;/h5-6,10-12,15,24H,1-4,7-9H2,(H,22,23,25);1H4. The minimum absolute atomic E-state index is 0. The molecule has 1 amide bonds. The van der Waals surface area contributed by atoms with Crippen LogP contribution in [-0.2, 0) is 11.2 Å². The predicted octanol–water partition coefficient (Wildman–Crippen LogP) is 5.92. The molecule has 1 aliphatic rings. The van der Waals surface area contributed by atoms with Crippen LogP contribution in [-0.4, -0.2) is 22.6 Å². The number of aliphatic hydroxyl groups is 1. The normalized spacial score (nSPS) is 15.4. The quantitative estimate of drug-likeness (QED) is 0.574. The summed E-state index contributed by atoms with van der Waals surface area (Å²) in [6.07, 6.45) is 6.10.